The smallest absolute Gasteiger partial charge is 0.360 e. The molecule has 1 amide bonds. The number of carbonyl (C=O) groups excluding carboxylic acids is 2. The van der Waals surface area contributed by atoms with Gasteiger partial charge in [-0.05, 0) is 19.1 Å². The number of nitrogens with one attached hydrogen (secondary N) is 2. The van der Waals surface area contributed by atoms with E-state index < -0.39 is 11.9 Å². The van der Waals surface area contributed by atoms with E-state index in [1.54, 1.807) is 6.92 Å². The Morgan fingerprint density at radius 1 is 1.33 bits per heavy atom. The first-order chi connectivity index (χ1) is 11.7. The van der Waals surface area contributed by atoms with Crippen LogP contribution in [0.4, 0.5) is 5.95 Å². The van der Waals surface area contributed by atoms with Gasteiger partial charge in [0, 0.05) is 12.2 Å². The quantitative estimate of drug-likeness (QED) is 0.550. The molecule has 0 fully saturated rings. The number of aromatic nitrogens is 3. The number of ether oxygens (including phenoxy) is 1. The fraction of sp³-hybridized carbons (Fsp3) is 0.125. The highest BCUT2D eigenvalue weighted by Crippen LogP contribution is 2.13. The molecule has 0 aliphatic rings. The molecule has 3 rings (SSSR count). The molecule has 0 radical (unpaired) electrons. The highest BCUT2D eigenvalue weighted by Gasteiger charge is 2.12. The van der Waals surface area contributed by atoms with Gasteiger partial charge >= 0.3 is 5.97 Å². The van der Waals surface area contributed by atoms with Gasteiger partial charge in [0.2, 0.25) is 11.8 Å². The zero-order chi connectivity index (χ0) is 16.9. The van der Waals surface area contributed by atoms with Gasteiger partial charge in [-0.2, -0.15) is 0 Å². The molecule has 0 saturated heterocycles. The molecule has 1 aromatic carbocycles. The molecule has 0 aliphatic carbocycles. The molecule has 2 heterocycles. The predicted molar refractivity (Wildman–Crippen MR) is 86.2 cm³/mol. The van der Waals surface area contributed by atoms with Gasteiger partial charge in [-0.25, -0.2) is 14.8 Å². The zero-order valence-electron chi connectivity index (χ0n) is 12.8. The Morgan fingerprint density at radius 2 is 2.17 bits per heavy atom. The van der Waals surface area contributed by atoms with E-state index in [1.807, 2.05) is 24.3 Å². The minimum Gasteiger partial charge on any atom is -0.461 e. The van der Waals surface area contributed by atoms with Gasteiger partial charge < -0.3 is 14.1 Å². The molecule has 24 heavy (non-hydrogen) atoms. The molecule has 0 saturated carbocycles. The van der Waals surface area contributed by atoms with Crippen LogP contribution in [-0.2, 0) is 9.53 Å². The summed E-state index contributed by atoms with van der Waals surface area (Å²) in [5.74, 6) is -0.527. The fourth-order valence-corrected chi connectivity index (χ4v) is 1.98. The number of carbonyl (C=O) groups is 2. The van der Waals surface area contributed by atoms with Gasteiger partial charge in [-0.1, -0.05) is 12.1 Å². The maximum Gasteiger partial charge on any atom is 0.360 e. The largest absolute Gasteiger partial charge is 0.461 e. The Labute approximate surface area is 136 Å². The minimum atomic E-state index is -0.576. The summed E-state index contributed by atoms with van der Waals surface area (Å²) < 4.78 is 9.88. The van der Waals surface area contributed by atoms with Crippen molar-refractivity contribution >= 4 is 34.9 Å². The number of imidazole rings is 1. The number of esters is 1. The number of anilines is 1. The minimum absolute atomic E-state index is 0.0502. The average molecular weight is 326 g/mol. The molecule has 122 valence electrons. The Bertz CT molecular complexity index is 877. The van der Waals surface area contributed by atoms with Crippen LogP contribution in [0.3, 0.4) is 0 Å². The summed E-state index contributed by atoms with van der Waals surface area (Å²) in [5, 5.41) is 2.60. The van der Waals surface area contributed by atoms with E-state index in [2.05, 4.69) is 20.3 Å². The molecular weight excluding hydrogens is 312 g/mol. The number of para-hydroxylation sites is 2. The molecule has 0 bridgehead atoms. The summed E-state index contributed by atoms with van der Waals surface area (Å²) in [6, 6.07) is 7.42. The number of rotatable bonds is 5. The second kappa shape index (κ2) is 6.78. The predicted octanol–water partition coefficient (Wildman–Crippen LogP) is 2.38. The van der Waals surface area contributed by atoms with Crippen molar-refractivity contribution in [2.24, 2.45) is 0 Å². The Hall–Kier alpha value is -3.42. The second-order valence-electron chi connectivity index (χ2n) is 4.72. The van der Waals surface area contributed by atoms with Crippen LogP contribution in [0.25, 0.3) is 17.1 Å². The molecule has 2 N–H and O–H groups in total. The standard InChI is InChI=1S/C16H14N4O4/c1-2-23-15(22)12-9-24-14(17-12)8-7-13(21)20-16-18-10-5-3-4-6-11(10)19-16/h3-9H,2H2,1H3,(H2,18,19,20,21)/b8-7+. The number of oxazole rings is 1. The van der Waals surface area contributed by atoms with Gasteiger partial charge in [0.15, 0.2) is 5.69 Å². The molecule has 0 aliphatic heterocycles. The first kappa shape index (κ1) is 15.5. The topological polar surface area (TPSA) is 110 Å². The van der Waals surface area contributed by atoms with E-state index in [0.29, 0.717) is 5.95 Å². The maximum absolute atomic E-state index is 11.9. The van der Waals surface area contributed by atoms with Crippen molar-refractivity contribution in [3.8, 4) is 0 Å². The van der Waals surface area contributed by atoms with Crippen molar-refractivity contribution in [2.75, 3.05) is 11.9 Å². The molecule has 2 aromatic heterocycles. The first-order valence-corrected chi connectivity index (χ1v) is 7.22. The summed E-state index contributed by atoms with van der Waals surface area (Å²) in [5.41, 5.74) is 1.63. The highest BCUT2D eigenvalue weighted by molar-refractivity contribution is 6.01. The van der Waals surface area contributed by atoms with Gasteiger partial charge in [-0.3, -0.25) is 10.1 Å². The lowest BCUT2D eigenvalue weighted by Crippen LogP contribution is -2.09. The Balaban J connectivity index is 1.64. The lowest BCUT2D eigenvalue weighted by Gasteiger charge is -1.95. The van der Waals surface area contributed by atoms with E-state index in [1.165, 1.54) is 18.4 Å². The van der Waals surface area contributed by atoms with Gasteiger partial charge in [0.05, 0.1) is 17.6 Å². The van der Waals surface area contributed by atoms with Gasteiger partial charge in [0.25, 0.3) is 5.91 Å². The van der Waals surface area contributed by atoms with Crippen LogP contribution < -0.4 is 5.32 Å². The first-order valence-electron chi connectivity index (χ1n) is 7.22. The van der Waals surface area contributed by atoms with Crippen LogP contribution in [0.1, 0.15) is 23.3 Å². The van der Waals surface area contributed by atoms with Crippen molar-refractivity contribution in [2.45, 2.75) is 6.92 Å². The fourth-order valence-electron chi connectivity index (χ4n) is 1.98. The molecule has 0 unspecified atom stereocenters. The number of amides is 1. The van der Waals surface area contributed by atoms with E-state index in [0.717, 1.165) is 11.0 Å². The highest BCUT2D eigenvalue weighted by atomic mass is 16.5. The van der Waals surface area contributed by atoms with Crippen molar-refractivity contribution in [1.29, 1.82) is 0 Å². The SMILES string of the molecule is CCOC(=O)c1coc(/C=C/C(=O)Nc2nc3ccccc3[nH]2)n1. The van der Waals surface area contributed by atoms with Crippen LogP contribution in [0, 0.1) is 0 Å². The van der Waals surface area contributed by atoms with Crippen LogP contribution in [0.5, 0.6) is 0 Å². The maximum atomic E-state index is 11.9. The summed E-state index contributed by atoms with van der Waals surface area (Å²) in [7, 11) is 0. The van der Waals surface area contributed by atoms with E-state index in [4.69, 9.17) is 9.15 Å². The van der Waals surface area contributed by atoms with Gasteiger partial charge in [0.1, 0.15) is 6.26 Å². The third-order valence-corrected chi connectivity index (χ3v) is 3.01. The third kappa shape index (κ3) is 3.49. The van der Waals surface area contributed by atoms with Crippen molar-refractivity contribution < 1.29 is 18.7 Å². The molecule has 3 aromatic rings. The lowest BCUT2D eigenvalue weighted by atomic mass is 10.3. The Morgan fingerprint density at radius 3 is 2.96 bits per heavy atom. The average Bonchev–Trinajstić information content (AvgIpc) is 3.19. The van der Waals surface area contributed by atoms with Crippen LogP contribution in [-0.4, -0.2) is 33.4 Å². The molecule has 8 heteroatoms. The third-order valence-electron chi connectivity index (χ3n) is 3.01. The van der Waals surface area contributed by atoms with Crippen molar-refractivity contribution in [3.05, 3.63) is 48.2 Å². The number of fused-ring (bicyclic) bond motifs is 1. The van der Waals surface area contributed by atoms with Crippen molar-refractivity contribution in [1.82, 2.24) is 15.0 Å². The van der Waals surface area contributed by atoms with Crippen LogP contribution >= 0.6 is 0 Å². The van der Waals surface area contributed by atoms with E-state index in [-0.39, 0.29) is 18.2 Å². The number of hydrogen-bond acceptors (Lipinski definition) is 6. The zero-order valence-corrected chi connectivity index (χ0v) is 12.8. The van der Waals surface area contributed by atoms with Crippen LogP contribution in [0.15, 0.2) is 41.0 Å². The number of benzene rings is 1. The molecule has 8 nitrogen and oxygen atoms in total. The van der Waals surface area contributed by atoms with Crippen molar-refractivity contribution in [3.63, 3.8) is 0 Å². The Kier molecular flexibility index (Phi) is 4.37. The summed E-state index contributed by atoms with van der Waals surface area (Å²) in [4.78, 5) is 34.5. The normalized spacial score (nSPS) is 11.0. The molecule has 0 spiro atoms. The van der Waals surface area contributed by atoms with E-state index >= 15 is 0 Å². The number of aromatic amines is 1. The molecular formula is C16H14N4O4. The summed E-state index contributed by atoms with van der Waals surface area (Å²) in [6.45, 7) is 1.94. The number of nitrogens with zero attached hydrogens (tertiary/aromatic N) is 2. The van der Waals surface area contributed by atoms with Gasteiger partial charge in [-0.15, -0.1) is 0 Å². The number of H-pyrrole nitrogens is 1. The second-order valence-corrected chi connectivity index (χ2v) is 4.72. The summed E-state index contributed by atoms with van der Waals surface area (Å²) >= 11 is 0. The van der Waals surface area contributed by atoms with E-state index in [9.17, 15) is 9.59 Å². The number of hydrogen-bond donors (Lipinski definition) is 2. The van der Waals surface area contributed by atoms with Crippen LogP contribution in [0.2, 0.25) is 0 Å². The monoisotopic (exact) mass is 326 g/mol. The summed E-state index contributed by atoms with van der Waals surface area (Å²) in [6.07, 6.45) is 3.75. The molecule has 0 atom stereocenters. The lowest BCUT2D eigenvalue weighted by molar-refractivity contribution is -0.111.